The van der Waals surface area contributed by atoms with E-state index in [0.29, 0.717) is 0 Å². The van der Waals surface area contributed by atoms with Crippen molar-refractivity contribution in [3.8, 4) is 0 Å². The molecule has 1 aromatic carbocycles. The zero-order valence-electron chi connectivity index (χ0n) is 12.0. The number of rotatable bonds is 3. The van der Waals surface area contributed by atoms with Crippen molar-refractivity contribution in [3.63, 3.8) is 0 Å². The van der Waals surface area contributed by atoms with Crippen molar-refractivity contribution >= 4 is 5.69 Å². The minimum Gasteiger partial charge on any atom is -0.378 e. The summed E-state index contributed by atoms with van der Waals surface area (Å²) in [6.45, 7) is 8.97. The van der Waals surface area contributed by atoms with Gasteiger partial charge in [0.2, 0.25) is 0 Å². The van der Waals surface area contributed by atoms with Gasteiger partial charge in [-0.05, 0) is 31.5 Å². The average Bonchev–Trinajstić information content (AvgIpc) is 2.32. The van der Waals surface area contributed by atoms with E-state index in [1.807, 2.05) is 0 Å². The number of nitrogens with zero attached hydrogens (tertiary/aromatic N) is 2. The summed E-state index contributed by atoms with van der Waals surface area (Å²) in [7, 11) is 4.16. The topological polar surface area (TPSA) is 18.5 Å². The predicted octanol–water partition coefficient (Wildman–Crippen LogP) is 1.94. The summed E-state index contributed by atoms with van der Waals surface area (Å²) >= 11 is 0. The Morgan fingerprint density at radius 1 is 1.22 bits per heavy atom. The van der Waals surface area contributed by atoms with Crippen LogP contribution in [0.15, 0.2) is 24.3 Å². The summed E-state index contributed by atoms with van der Waals surface area (Å²) in [5.41, 5.74) is 2.91. The molecule has 0 atom stereocenters. The van der Waals surface area contributed by atoms with E-state index >= 15 is 0 Å². The molecule has 1 aliphatic heterocycles. The molecular formula is C15H25N3. The molecule has 0 amide bonds. The van der Waals surface area contributed by atoms with Crippen LogP contribution in [0.1, 0.15) is 19.4 Å². The highest BCUT2D eigenvalue weighted by molar-refractivity contribution is 5.45. The molecule has 0 aliphatic carbocycles. The quantitative estimate of drug-likeness (QED) is 0.880. The van der Waals surface area contributed by atoms with Gasteiger partial charge >= 0.3 is 0 Å². The van der Waals surface area contributed by atoms with Crippen LogP contribution in [0.5, 0.6) is 0 Å². The van der Waals surface area contributed by atoms with Gasteiger partial charge in [0.25, 0.3) is 0 Å². The Hall–Kier alpha value is -1.06. The molecule has 1 N–H and O–H groups in total. The van der Waals surface area contributed by atoms with Crippen LogP contribution in [0.3, 0.4) is 0 Å². The summed E-state index contributed by atoms with van der Waals surface area (Å²) in [5.74, 6) is 0. The van der Waals surface area contributed by atoms with Gasteiger partial charge in [0.05, 0.1) is 0 Å². The Kier molecular flexibility index (Phi) is 3.93. The number of hydrogen-bond acceptors (Lipinski definition) is 3. The fourth-order valence-corrected chi connectivity index (χ4v) is 2.44. The van der Waals surface area contributed by atoms with Crippen molar-refractivity contribution in [3.05, 3.63) is 29.8 Å². The van der Waals surface area contributed by atoms with E-state index in [0.717, 1.165) is 26.2 Å². The molecule has 2 rings (SSSR count). The van der Waals surface area contributed by atoms with Crippen molar-refractivity contribution in [1.82, 2.24) is 10.2 Å². The van der Waals surface area contributed by atoms with Crippen LogP contribution in [-0.2, 0) is 6.54 Å². The molecule has 3 nitrogen and oxygen atoms in total. The Morgan fingerprint density at radius 2 is 1.89 bits per heavy atom. The zero-order valence-corrected chi connectivity index (χ0v) is 12.0. The maximum absolute atomic E-state index is 3.47. The lowest BCUT2D eigenvalue weighted by molar-refractivity contribution is 0.0828. The Balaban J connectivity index is 2.04. The summed E-state index contributed by atoms with van der Waals surface area (Å²) in [6, 6.07) is 8.88. The summed E-state index contributed by atoms with van der Waals surface area (Å²) in [4.78, 5) is 4.70. The molecule has 100 valence electrons. The minimum atomic E-state index is 0.248. The third-order valence-corrected chi connectivity index (χ3v) is 3.80. The van der Waals surface area contributed by atoms with Gasteiger partial charge in [-0.15, -0.1) is 0 Å². The number of anilines is 1. The standard InChI is InChI=1S/C15H25N3/c1-15(2)12-16-9-10-18(15)11-13-5-7-14(8-6-13)17(3)4/h5-8,16H,9-12H2,1-4H3. The van der Waals surface area contributed by atoms with Gasteiger partial charge in [0, 0.05) is 51.5 Å². The van der Waals surface area contributed by atoms with E-state index in [-0.39, 0.29) is 5.54 Å². The van der Waals surface area contributed by atoms with E-state index in [9.17, 15) is 0 Å². The van der Waals surface area contributed by atoms with Crippen molar-refractivity contribution in [1.29, 1.82) is 0 Å². The van der Waals surface area contributed by atoms with Crippen LogP contribution in [0.25, 0.3) is 0 Å². The Morgan fingerprint density at radius 3 is 2.44 bits per heavy atom. The number of piperazine rings is 1. The molecular weight excluding hydrogens is 222 g/mol. The van der Waals surface area contributed by atoms with Crippen LogP contribution in [0.2, 0.25) is 0 Å². The maximum atomic E-state index is 3.47. The first-order chi connectivity index (χ1) is 8.49. The Labute approximate surface area is 111 Å². The first-order valence-corrected chi connectivity index (χ1v) is 6.71. The van der Waals surface area contributed by atoms with Crippen LogP contribution >= 0.6 is 0 Å². The maximum Gasteiger partial charge on any atom is 0.0361 e. The molecule has 3 heteroatoms. The Bertz CT molecular complexity index is 381. The second-order valence-corrected chi connectivity index (χ2v) is 5.97. The second kappa shape index (κ2) is 5.29. The van der Waals surface area contributed by atoms with E-state index in [1.54, 1.807) is 0 Å². The molecule has 0 bridgehead atoms. The lowest BCUT2D eigenvalue weighted by atomic mass is 9.99. The highest BCUT2D eigenvalue weighted by Crippen LogP contribution is 2.20. The third kappa shape index (κ3) is 3.03. The van der Waals surface area contributed by atoms with Crippen LogP contribution in [0, 0.1) is 0 Å². The minimum absolute atomic E-state index is 0.248. The van der Waals surface area contributed by atoms with Gasteiger partial charge in [0.1, 0.15) is 0 Å². The molecule has 1 heterocycles. The van der Waals surface area contributed by atoms with Gasteiger partial charge in [-0.2, -0.15) is 0 Å². The normalized spacial score (nSPS) is 19.8. The lowest BCUT2D eigenvalue weighted by Gasteiger charge is -2.43. The van der Waals surface area contributed by atoms with Crippen LogP contribution in [-0.4, -0.2) is 44.2 Å². The zero-order chi connectivity index (χ0) is 13.2. The number of nitrogens with one attached hydrogen (secondary N) is 1. The molecule has 1 aliphatic rings. The van der Waals surface area contributed by atoms with E-state index in [2.05, 4.69) is 67.3 Å². The molecule has 0 radical (unpaired) electrons. The van der Waals surface area contributed by atoms with Crippen LogP contribution < -0.4 is 10.2 Å². The van der Waals surface area contributed by atoms with Gasteiger partial charge in [-0.1, -0.05) is 12.1 Å². The molecule has 0 spiro atoms. The molecule has 1 aromatic rings. The summed E-state index contributed by atoms with van der Waals surface area (Å²) in [6.07, 6.45) is 0. The highest BCUT2D eigenvalue weighted by atomic mass is 15.2. The predicted molar refractivity (Wildman–Crippen MR) is 78.1 cm³/mol. The number of hydrogen-bond donors (Lipinski definition) is 1. The van der Waals surface area contributed by atoms with Crippen LogP contribution in [0.4, 0.5) is 5.69 Å². The summed E-state index contributed by atoms with van der Waals surface area (Å²) < 4.78 is 0. The fourth-order valence-electron chi connectivity index (χ4n) is 2.44. The largest absolute Gasteiger partial charge is 0.378 e. The molecule has 0 aromatic heterocycles. The molecule has 0 saturated carbocycles. The van der Waals surface area contributed by atoms with Crippen molar-refractivity contribution < 1.29 is 0 Å². The smallest absolute Gasteiger partial charge is 0.0361 e. The molecule has 1 fully saturated rings. The van der Waals surface area contributed by atoms with E-state index < -0.39 is 0 Å². The summed E-state index contributed by atoms with van der Waals surface area (Å²) in [5, 5.41) is 3.47. The third-order valence-electron chi connectivity index (χ3n) is 3.80. The van der Waals surface area contributed by atoms with E-state index in [4.69, 9.17) is 0 Å². The average molecular weight is 247 g/mol. The first-order valence-electron chi connectivity index (χ1n) is 6.71. The fraction of sp³-hybridized carbons (Fsp3) is 0.600. The SMILES string of the molecule is CN(C)c1ccc(CN2CCNCC2(C)C)cc1. The highest BCUT2D eigenvalue weighted by Gasteiger charge is 2.29. The van der Waals surface area contributed by atoms with Crippen molar-refractivity contribution in [2.75, 3.05) is 38.6 Å². The lowest BCUT2D eigenvalue weighted by Crippen LogP contribution is -2.57. The van der Waals surface area contributed by atoms with Gasteiger partial charge in [0.15, 0.2) is 0 Å². The monoisotopic (exact) mass is 247 g/mol. The van der Waals surface area contributed by atoms with Crippen molar-refractivity contribution in [2.24, 2.45) is 0 Å². The number of benzene rings is 1. The van der Waals surface area contributed by atoms with Gasteiger partial charge in [-0.3, -0.25) is 4.90 Å². The second-order valence-electron chi connectivity index (χ2n) is 5.97. The van der Waals surface area contributed by atoms with Crippen molar-refractivity contribution in [2.45, 2.75) is 25.9 Å². The van der Waals surface area contributed by atoms with Gasteiger partial charge in [-0.25, -0.2) is 0 Å². The molecule has 18 heavy (non-hydrogen) atoms. The van der Waals surface area contributed by atoms with E-state index in [1.165, 1.54) is 11.3 Å². The molecule has 0 unspecified atom stereocenters. The molecule has 1 saturated heterocycles. The first kappa shape index (κ1) is 13.4. The van der Waals surface area contributed by atoms with Gasteiger partial charge < -0.3 is 10.2 Å².